The number of ketones is 1. The van der Waals surface area contributed by atoms with Gasteiger partial charge >= 0.3 is 5.91 Å². The summed E-state index contributed by atoms with van der Waals surface area (Å²) in [6.45, 7) is 0. The molecule has 5 rings (SSSR count). The Bertz CT molecular complexity index is 1390. The minimum atomic E-state index is -0.989. The molecule has 4 aromatic rings. The molecule has 1 amide bonds. The number of hydrogen-bond acceptors (Lipinski definition) is 8. The van der Waals surface area contributed by atoms with E-state index in [0.29, 0.717) is 27.8 Å². The second kappa shape index (κ2) is 8.60. The third-order valence-corrected chi connectivity index (χ3v) is 6.60. The number of anilines is 1. The summed E-state index contributed by atoms with van der Waals surface area (Å²) in [5, 5.41) is 11.8. The maximum atomic E-state index is 13.4. The molecule has 0 radical (unpaired) electrons. The first-order valence-electron chi connectivity index (χ1n) is 10.3. The SMILES string of the molecule is COc1cccc(OC)c1/C(O)=C1\C(=O)C(=O)N(c2nc3ccccc3s2)C1c1ccccn1. The Balaban J connectivity index is 1.77. The van der Waals surface area contributed by atoms with Crippen molar-refractivity contribution in [3.8, 4) is 11.5 Å². The summed E-state index contributed by atoms with van der Waals surface area (Å²) >= 11 is 1.28. The maximum absolute atomic E-state index is 13.4. The van der Waals surface area contributed by atoms with Crippen LogP contribution >= 0.6 is 11.3 Å². The van der Waals surface area contributed by atoms with Crippen LogP contribution in [0.25, 0.3) is 16.0 Å². The number of fused-ring (bicyclic) bond motifs is 1. The van der Waals surface area contributed by atoms with Crippen LogP contribution in [-0.2, 0) is 9.59 Å². The van der Waals surface area contributed by atoms with Crippen LogP contribution in [0.1, 0.15) is 17.3 Å². The average Bonchev–Trinajstić information content (AvgIpc) is 3.42. The number of rotatable bonds is 5. The number of benzene rings is 2. The number of pyridine rings is 1. The number of aliphatic hydroxyl groups is 1. The molecule has 1 aliphatic rings. The Kier molecular flexibility index (Phi) is 5.46. The van der Waals surface area contributed by atoms with Gasteiger partial charge in [0.25, 0.3) is 5.78 Å². The van der Waals surface area contributed by atoms with Gasteiger partial charge in [0.05, 0.1) is 35.7 Å². The number of amides is 1. The van der Waals surface area contributed by atoms with Crippen LogP contribution in [-0.4, -0.2) is 41.0 Å². The Morgan fingerprint density at radius 1 is 0.971 bits per heavy atom. The van der Waals surface area contributed by atoms with Crippen LogP contribution < -0.4 is 14.4 Å². The fraction of sp³-hybridized carbons (Fsp3) is 0.120. The van der Waals surface area contributed by atoms with Gasteiger partial charge in [-0.25, -0.2) is 4.98 Å². The molecule has 0 bridgehead atoms. The van der Waals surface area contributed by atoms with E-state index in [-0.39, 0.29) is 11.1 Å². The number of para-hydroxylation sites is 1. The number of carbonyl (C=O) groups is 2. The molecule has 1 unspecified atom stereocenters. The zero-order chi connectivity index (χ0) is 23.8. The van der Waals surface area contributed by atoms with E-state index in [1.807, 2.05) is 24.3 Å². The summed E-state index contributed by atoms with van der Waals surface area (Å²) in [4.78, 5) is 37.0. The van der Waals surface area contributed by atoms with Gasteiger partial charge in [0.1, 0.15) is 28.9 Å². The summed E-state index contributed by atoms with van der Waals surface area (Å²) in [6.07, 6.45) is 1.57. The van der Waals surface area contributed by atoms with Crippen molar-refractivity contribution in [3.63, 3.8) is 0 Å². The second-order valence-electron chi connectivity index (χ2n) is 7.43. The van der Waals surface area contributed by atoms with Gasteiger partial charge in [0.15, 0.2) is 5.13 Å². The van der Waals surface area contributed by atoms with Gasteiger partial charge in [0.2, 0.25) is 0 Å². The van der Waals surface area contributed by atoms with E-state index in [9.17, 15) is 14.7 Å². The van der Waals surface area contributed by atoms with Gasteiger partial charge in [0, 0.05) is 6.20 Å². The smallest absolute Gasteiger partial charge is 0.301 e. The lowest BCUT2D eigenvalue weighted by atomic mass is 9.97. The van der Waals surface area contributed by atoms with Gasteiger partial charge in [-0.15, -0.1) is 0 Å². The Morgan fingerprint density at radius 3 is 2.32 bits per heavy atom. The molecular weight excluding hydrogens is 454 g/mol. The molecule has 1 atom stereocenters. The predicted molar refractivity (Wildman–Crippen MR) is 128 cm³/mol. The molecule has 0 saturated carbocycles. The lowest BCUT2D eigenvalue weighted by Gasteiger charge is -2.22. The fourth-order valence-corrected chi connectivity index (χ4v) is 5.02. The fourth-order valence-electron chi connectivity index (χ4n) is 4.03. The first-order valence-corrected chi connectivity index (χ1v) is 11.2. The zero-order valence-electron chi connectivity index (χ0n) is 18.3. The van der Waals surface area contributed by atoms with Crippen LogP contribution in [0.5, 0.6) is 11.5 Å². The molecule has 0 aliphatic carbocycles. The van der Waals surface area contributed by atoms with Crippen molar-refractivity contribution < 1.29 is 24.2 Å². The molecule has 0 spiro atoms. The van der Waals surface area contributed by atoms with Gasteiger partial charge in [-0.05, 0) is 36.4 Å². The molecular formula is C25H19N3O5S. The normalized spacial score (nSPS) is 17.4. The van der Waals surface area contributed by atoms with Gasteiger partial charge in [-0.1, -0.05) is 35.6 Å². The highest BCUT2D eigenvalue weighted by atomic mass is 32.1. The first kappa shape index (κ1) is 21.6. The van der Waals surface area contributed by atoms with Crippen molar-refractivity contribution in [1.82, 2.24) is 9.97 Å². The van der Waals surface area contributed by atoms with E-state index in [0.717, 1.165) is 4.70 Å². The van der Waals surface area contributed by atoms with Crippen LogP contribution in [0.4, 0.5) is 5.13 Å². The number of thiazole rings is 1. The number of Topliss-reactive ketones (excluding diaryl/α,β-unsaturated/α-hetero) is 1. The molecule has 9 heteroatoms. The number of nitrogens with zero attached hydrogens (tertiary/aromatic N) is 3. The lowest BCUT2D eigenvalue weighted by Crippen LogP contribution is -2.29. The molecule has 1 aliphatic heterocycles. The van der Waals surface area contributed by atoms with Crippen LogP contribution in [0.3, 0.4) is 0 Å². The third kappa shape index (κ3) is 3.37. The van der Waals surface area contributed by atoms with Crippen molar-refractivity contribution in [2.24, 2.45) is 0 Å². The molecule has 8 nitrogen and oxygen atoms in total. The van der Waals surface area contributed by atoms with E-state index < -0.39 is 23.5 Å². The maximum Gasteiger partial charge on any atom is 0.301 e. The summed E-state index contributed by atoms with van der Waals surface area (Å²) < 4.78 is 11.7. The number of aromatic nitrogens is 2. The summed E-state index contributed by atoms with van der Waals surface area (Å²) in [7, 11) is 2.89. The number of methoxy groups -OCH3 is 2. The molecule has 2 aromatic heterocycles. The minimum absolute atomic E-state index is 0.120. The van der Waals surface area contributed by atoms with E-state index in [1.165, 1.54) is 30.5 Å². The summed E-state index contributed by atoms with van der Waals surface area (Å²) in [6, 6.07) is 16.6. The summed E-state index contributed by atoms with van der Waals surface area (Å²) in [5.41, 5.74) is 1.17. The molecule has 34 heavy (non-hydrogen) atoms. The highest BCUT2D eigenvalue weighted by Crippen LogP contribution is 2.46. The summed E-state index contributed by atoms with van der Waals surface area (Å²) in [5.74, 6) is -1.47. The van der Waals surface area contributed by atoms with Gasteiger partial charge < -0.3 is 14.6 Å². The van der Waals surface area contributed by atoms with Gasteiger partial charge in [-0.2, -0.15) is 0 Å². The second-order valence-corrected chi connectivity index (χ2v) is 8.43. The van der Waals surface area contributed by atoms with E-state index >= 15 is 0 Å². The largest absolute Gasteiger partial charge is 0.506 e. The third-order valence-electron chi connectivity index (χ3n) is 5.57. The van der Waals surface area contributed by atoms with Crippen molar-refractivity contribution >= 4 is 44.1 Å². The Hall–Kier alpha value is -4.24. The number of carbonyl (C=O) groups excluding carboxylic acids is 2. The number of hydrogen-bond donors (Lipinski definition) is 1. The standard InChI is InChI=1S/C25H19N3O5S/c1-32-16-10-7-11-17(33-2)19(16)22(29)20-21(15-9-5-6-13-26-15)28(24(31)23(20)30)25-27-14-8-3-4-12-18(14)34-25/h3-13,21,29H,1-2H3/b22-20+. The van der Waals surface area contributed by atoms with E-state index in [2.05, 4.69) is 9.97 Å². The number of aliphatic hydroxyl groups excluding tert-OH is 1. The molecule has 1 saturated heterocycles. The Labute approximate surface area is 198 Å². The molecule has 1 fully saturated rings. The monoisotopic (exact) mass is 473 g/mol. The van der Waals surface area contributed by atoms with E-state index in [4.69, 9.17) is 9.47 Å². The highest BCUT2D eigenvalue weighted by molar-refractivity contribution is 7.22. The van der Waals surface area contributed by atoms with Crippen LogP contribution in [0, 0.1) is 0 Å². The van der Waals surface area contributed by atoms with E-state index in [1.54, 1.807) is 42.6 Å². The first-order chi connectivity index (χ1) is 16.5. The topological polar surface area (TPSA) is 102 Å². The molecule has 170 valence electrons. The minimum Gasteiger partial charge on any atom is -0.506 e. The van der Waals surface area contributed by atoms with Crippen molar-refractivity contribution in [1.29, 1.82) is 0 Å². The lowest BCUT2D eigenvalue weighted by molar-refractivity contribution is -0.132. The molecule has 1 N–H and O–H groups in total. The number of ether oxygens (including phenoxy) is 2. The van der Waals surface area contributed by atoms with Crippen molar-refractivity contribution in [3.05, 3.63) is 83.7 Å². The van der Waals surface area contributed by atoms with Crippen LogP contribution in [0.15, 0.2) is 72.4 Å². The molecule has 2 aromatic carbocycles. The van der Waals surface area contributed by atoms with Crippen molar-refractivity contribution in [2.75, 3.05) is 19.1 Å². The molecule has 3 heterocycles. The quantitative estimate of drug-likeness (QED) is 0.261. The van der Waals surface area contributed by atoms with Crippen molar-refractivity contribution in [2.45, 2.75) is 6.04 Å². The Morgan fingerprint density at radius 2 is 1.68 bits per heavy atom. The van der Waals surface area contributed by atoms with Crippen LogP contribution in [0.2, 0.25) is 0 Å². The predicted octanol–water partition coefficient (Wildman–Crippen LogP) is 4.33. The average molecular weight is 474 g/mol. The van der Waals surface area contributed by atoms with Gasteiger partial charge in [-0.3, -0.25) is 19.5 Å². The highest BCUT2D eigenvalue weighted by Gasteiger charge is 2.49. The zero-order valence-corrected chi connectivity index (χ0v) is 19.1.